The van der Waals surface area contributed by atoms with Gasteiger partial charge in [-0.3, -0.25) is 24.2 Å². The second-order valence-corrected chi connectivity index (χ2v) is 10.8. The fourth-order valence-electron chi connectivity index (χ4n) is 6.51. The third kappa shape index (κ3) is 4.21. The molecule has 1 aromatic heterocycles. The minimum absolute atomic E-state index is 0.0353. The number of likely N-dealkylation sites (tertiary alicyclic amines) is 1. The SMILES string of the molecule is COc1ccc(CC2(C[NH+]3C[C@@H]4C[C@H](C3)c3cccc(=O)n3C4)C(=O)N(C)C(=S)N(C)C2=O)c(OC)c1. The summed E-state index contributed by atoms with van der Waals surface area (Å²) in [5, 5.41) is 0.200. The fraction of sp³-hybridized carbons (Fsp3) is 0.481. The molecule has 3 aliphatic rings. The molecule has 0 aliphatic carbocycles. The third-order valence-corrected chi connectivity index (χ3v) is 8.76. The van der Waals surface area contributed by atoms with Crippen LogP contribution in [0.2, 0.25) is 0 Å². The predicted octanol–water partition coefficient (Wildman–Crippen LogP) is 0.312. The Balaban J connectivity index is 1.53. The lowest BCUT2D eigenvalue weighted by atomic mass is 9.75. The highest BCUT2D eigenvalue weighted by atomic mass is 32.1. The Labute approximate surface area is 221 Å². The number of benzene rings is 1. The van der Waals surface area contributed by atoms with Gasteiger partial charge in [0.1, 0.15) is 18.0 Å². The van der Waals surface area contributed by atoms with Crippen molar-refractivity contribution in [2.45, 2.75) is 25.3 Å². The van der Waals surface area contributed by atoms with Crippen molar-refractivity contribution >= 4 is 29.1 Å². The molecule has 2 saturated heterocycles. The van der Waals surface area contributed by atoms with Crippen LogP contribution in [0.5, 0.6) is 11.5 Å². The Kier molecular flexibility index (Phi) is 6.57. The lowest BCUT2D eigenvalue weighted by molar-refractivity contribution is -0.915. The number of carbonyl (C=O) groups is 2. The number of hydrogen-bond acceptors (Lipinski definition) is 6. The van der Waals surface area contributed by atoms with E-state index in [9.17, 15) is 14.4 Å². The maximum absolute atomic E-state index is 14.0. The summed E-state index contributed by atoms with van der Waals surface area (Å²) < 4.78 is 12.9. The highest BCUT2D eigenvalue weighted by Crippen LogP contribution is 2.37. The van der Waals surface area contributed by atoms with E-state index in [1.165, 1.54) is 14.7 Å². The van der Waals surface area contributed by atoms with E-state index in [4.69, 9.17) is 21.7 Å². The second-order valence-electron chi connectivity index (χ2n) is 10.5. The minimum Gasteiger partial charge on any atom is -0.497 e. The monoisotopic (exact) mass is 525 g/mol. The lowest BCUT2D eigenvalue weighted by Crippen LogP contribution is -3.16. The molecule has 2 amide bonds. The Morgan fingerprint density at radius 3 is 2.43 bits per heavy atom. The summed E-state index contributed by atoms with van der Waals surface area (Å²) in [7, 11) is 6.42. The molecule has 1 aromatic carbocycles. The fourth-order valence-corrected chi connectivity index (χ4v) is 6.68. The molecule has 196 valence electrons. The van der Waals surface area contributed by atoms with Gasteiger partial charge in [0.15, 0.2) is 10.5 Å². The molecule has 37 heavy (non-hydrogen) atoms. The van der Waals surface area contributed by atoms with Crippen LogP contribution in [0.1, 0.15) is 23.6 Å². The average molecular weight is 526 g/mol. The number of nitrogens with zero attached hydrogens (tertiary/aromatic N) is 3. The number of carbonyl (C=O) groups excluding carboxylic acids is 2. The zero-order valence-corrected chi connectivity index (χ0v) is 22.5. The number of methoxy groups -OCH3 is 2. The average Bonchev–Trinajstić information content (AvgIpc) is 2.90. The van der Waals surface area contributed by atoms with Gasteiger partial charge >= 0.3 is 0 Å². The van der Waals surface area contributed by atoms with Crippen LogP contribution in [-0.2, 0) is 22.6 Å². The summed E-state index contributed by atoms with van der Waals surface area (Å²) in [5.41, 5.74) is 0.495. The topological polar surface area (TPSA) is 85.5 Å². The van der Waals surface area contributed by atoms with E-state index in [0.717, 1.165) is 30.8 Å². The summed E-state index contributed by atoms with van der Waals surface area (Å²) in [4.78, 5) is 44.4. The van der Waals surface area contributed by atoms with E-state index in [2.05, 4.69) is 0 Å². The standard InChI is InChI=1S/C27H32N4O5S/c1-28-24(33)27(25(34)29(2)26(28)37,12-18-8-9-20(35-3)11-22(18)36-4)16-30-13-17-10-19(15-30)21-6-5-7-23(32)31(21)14-17/h5-9,11,17,19H,10,12-16H2,1-4H3/p+1/t17-,19+/m0/s1. The number of fused-ring (bicyclic) bond motifs is 4. The summed E-state index contributed by atoms with van der Waals surface area (Å²) in [6.45, 7) is 2.54. The number of piperidine rings is 1. The van der Waals surface area contributed by atoms with Crippen molar-refractivity contribution in [3.8, 4) is 11.5 Å². The predicted molar refractivity (Wildman–Crippen MR) is 141 cm³/mol. The summed E-state index contributed by atoms with van der Waals surface area (Å²) in [5.74, 6) is 1.12. The minimum atomic E-state index is -1.34. The maximum Gasteiger partial charge on any atom is 0.250 e. The Hall–Kier alpha value is -3.24. The van der Waals surface area contributed by atoms with Gasteiger partial charge in [-0.15, -0.1) is 0 Å². The van der Waals surface area contributed by atoms with Crippen molar-refractivity contribution in [2.75, 3.05) is 47.9 Å². The van der Waals surface area contributed by atoms with Gasteiger partial charge in [0, 0.05) is 56.7 Å². The number of hydrogen-bond donors (Lipinski definition) is 1. The van der Waals surface area contributed by atoms with E-state index in [1.54, 1.807) is 40.4 Å². The van der Waals surface area contributed by atoms with Crippen LogP contribution in [0.3, 0.4) is 0 Å². The number of pyridine rings is 1. The molecule has 5 rings (SSSR count). The molecule has 2 aromatic rings. The molecule has 2 bridgehead atoms. The van der Waals surface area contributed by atoms with E-state index < -0.39 is 5.41 Å². The van der Waals surface area contributed by atoms with Crippen molar-refractivity contribution in [3.05, 3.63) is 58.0 Å². The van der Waals surface area contributed by atoms with Crippen LogP contribution in [0.25, 0.3) is 0 Å². The third-order valence-electron chi connectivity index (χ3n) is 8.21. The molecule has 0 spiro atoms. The Morgan fingerprint density at radius 1 is 1.03 bits per heavy atom. The maximum atomic E-state index is 14.0. The number of amides is 2. The van der Waals surface area contributed by atoms with Crippen LogP contribution in [0, 0.1) is 11.3 Å². The van der Waals surface area contributed by atoms with Crippen molar-refractivity contribution in [2.24, 2.45) is 11.3 Å². The highest BCUT2D eigenvalue weighted by molar-refractivity contribution is 7.80. The van der Waals surface area contributed by atoms with Crippen molar-refractivity contribution in [1.29, 1.82) is 0 Å². The number of nitrogens with one attached hydrogen (secondary N) is 1. The first-order valence-electron chi connectivity index (χ1n) is 12.5. The first kappa shape index (κ1) is 25.4. The molecule has 0 saturated carbocycles. The van der Waals surface area contributed by atoms with Crippen molar-refractivity contribution in [3.63, 3.8) is 0 Å². The van der Waals surface area contributed by atoms with Crippen LogP contribution >= 0.6 is 12.2 Å². The van der Waals surface area contributed by atoms with Gasteiger partial charge in [0.05, 0.1) is 27.3 Å². The highest BCUT2D eigenvalue weighted by Gasteiger charge is 2.57. The van der Waals surface area contributed by atoms with E-state index >= 15 is 0 Å². The second kappa shape index (κ2) is 9.57. The smallest absolute Gasteiger partial charge is 0.250 e. The van der Waals surface area contributed by atoms with Gasteiger partial charge in [-0.1, -0.05) is 12.1 Å². The van der Waals surface area contributed by atoms with Crippen molar-refractivity contribution < 1.29 is 24.0 Å². The number of aromatic nitrogens is 1. The summed E-state index contributed by atoms with van der Waals surface area (Å²) in [6, 6.07) is 10.9. The van der Waals surface area contributed by atoms with Gasteiger partial charge in [-0.05, 0) is 36.3 Å². The largest absolute Gasteiger partial charge is 0.497 e. The summed E-state index contributed by atoms with van der Waals surface area (Å²) in [6.07, 6.45) is 1.20. The molecule has 4 heterocycles. The molecule has 0 radical (unpaired) electrons. The number of thiocarbonyl (C=S) groups is 1. The number of ether oxygens (including phenoxy) is 2. The van der Waals surface area contributed by atoms with Crippen LogP contribution in [0.15, 0.2) is 41.2 Å². The molecule has 10 heteroatoms. The summed E-state index contributed by atoms with van der Waals surface area (Å²) >= 11 is 5.41. The van der Waals surface area contributed by atoms with Gasteiger partial charge in [0.2, 0.25) is 11.8 Å². The van der Waals surface area contributed by atoms with E-state index in [-0.39, 0.29) is 34.8 Å². The molecule has 1 N–H and O–H groups in total. The van der Waals surface area contributed by atoms with Gasteiger partial charge < -0.3 is 18.9 Å². The molecular formula is C27H33N4O5S+. The lowest BCUT2D eigenvalue weighted by Gasteiger charge is -2.47. The number of quaternary nitrogens is 1. The normalized spacial score (nSPS) is 24.6. The van der Waals surface area contributed by atoms with E-state index in [0.29, 0.717) is 30.5 Å². The molecule has 2 fully saturated rings. The molecule has 3 aliphatic heterocycles. The molecule has 9 nitrogen and oxygen atoms in total. The van der Waals surface area contributed by atoms with Crippen LogP contribution in [0.4, 0.5) is 0 Å². The van der Waals surface area contributed by atoms with Crippen molar-refractivity contribution in [1.82, 2.24) is 14.4 Å². The van der Waals surface area contributed by atoms with Gasteiger partial charge in [-0.2, -0.15) is 0 Å². The van der Waals surface area contributed by atoms with Crippen LogP contribution < -0.4 is 19.9 Å². The van der Waals surface area contributed by atoms with Crippen LogP contribution in [-0.4, -0.2) is 79.2 Å². The van der Waals surface area contributed by atoms with Gasteiger partial charge in [-0.25, -0.2) is 0 Å². The number of rotatable bonds is 6. The molecule has 3 atom stereocenters. The zero-order chi connectivity index (χ0) is 26.5. The first-order valence-corrected chi connectivity index (χ1v) is 12.9. The van der Waals surface area contributed by atoms with Gasteiger partial charge in [0.25, 0.3) is 5.56 Å². The zero-order valence-electron chi connectivity index (χ0n) is 21.7. The molecular weight excluding hydrogens is 492 g/mol. The Morgan fingerprint density at radius 2 is 1.76 bits per heavy atom. The van der Waals surface area contributed by atoms with E-state index in [1.807, 2.05) is 28.8 Å². The quantitative estimate of drug-likeness (QED) is 0.432. The first-order chi connectivity index (χ1) is 17.7. The molecule has 1 unspecified atom stereocenters. The Bertz CT molecular complexity index is 1300.